The molecule has 2 N–H and O–H groups in total. The van der Waals surface area contributed by atoms with Crippen molar-refractivity contribution in [1.29, 1.82) is 0 Å². The zero-order chi connectivity index (χ0) is 38.8. The molecule has 1 amide bonds. The quantitative estimate of drug-likeness (QED) is 0.236. The van der Waals surface area contributed by atoms with E-state index in [1.807, 2.05) is 30.0 Å². The molecule has 2 heterocycles. The summed E-state index contributed by atoms with van der Waals surface area (Å²) in [5.41, 5.74) is 2.09. The number of hydrogen-bond donors (Lipinski definition) is 1. The summed E-state index contributed by atoms with van der Waals surface area (Å²) in [6.07, 6.45) is 4.89. The van der Waals surface area contributed by atoms with Gasteiger partial charge in [-0.15, -0.1) is 0 Å². The predicted molar refractivity (Wildman–Crippen MR) is 203 cm³/mol. The minimum atomic E-state index is -3.79. The summed E-state index contributed by atoms with van der Waals surface area (Å²) in [6.45, 7) is 5.70. The van der Waals surface area contributed by atoms with Crippen LogP contribution < -0.4 is 14.8 Å². The molecule has 2 unspecified atom stereocenters. The Morgan fingerprint density at radius 2 is 1.77 bits per heavy atom. The van der Waals surface area contributed by atoms with Crippen molar-refractivity contribution in [3.05, 3.63) is 70.0 Å². The first kappa shape index (κ1) is 42.5. The summed E-state index contributed by atoms with van der Waals surface area (Å²) in [5.74, 6) is -1.96. The molecule has 2 aromatic carbocycles. The fourth-order valence-electron chi connectivity index (χ4n) is 7.29. The number of ether oxygens (including phenoxy) is 4. The Kier molecular flexibility index (Phi) is 15.5. The number of benzene rings is 2. The number of anilines is 1. The molecule has 15 heteroatoms. The van der Waals surface area contributed by atoms with Crippen LogP contribution in [-0.2, 0) is 42.1 Å². The van der Waals surface area contributed by atoms with Crippen LogP contribution in [0.3, 0.4) is 0 Å². The van der Waals surface area contributed by atoms with E-state index in [0.29, 0.717) is 48.0 Å². The van der Waals surface area contributed by atoms with Gasteiger partial charge in [-0.05, 0) is 92.8 Å². The SMILES string of the molecule is COCCN(CCOC)C(=O)C(/C(F)=C/C[C@H](C)CS(N)(=O)=O)N1CCCC1(C)N1CCCCc2cc(Cl)ccc2COc2ccc(C(=O)OC)cc21. The van der Waals surface area contributed by atoms with Gasteiger partial charge in [-0.2, -0.15) is 0 Å². The van der Waals surface area contributed by atoms with Crippen molar-refractivity contribution in [3.8, 4) is 5.75 Å². The number of halogens is 2. The number of allylic oxidation sites excluding steroid dienone is 1. The second-order valence-electron chi connectivity index (χ2n) is 14.0. The van der Waals surface area contributed by atoms with E-state index >= 15 is 4.39 Å². The van der Waals surface area contributed by atoms with Gasteiger partial charge in [0.05, 0.1) is 43.0 Å². The van der Waals surface area contributed by atoms with Gasteiger partial charge in [0.1, 0.15) is 24.2 Å². The minimum absolute atomic E-state index is 0.0557. The lowest BCUT2D eigenvalue weighted by atomic mass is 9.99. The maximum Gasteiger partial charge on any atom is 0.337 e. The smallest absolute Gasteiger partial charge is 0.337 e. The van der Waals surface area contributed by atoms with Crippen molar-refractivity contribution < 1.29 is 41.3 Å². The van der Waals surface area contributed by atoms with Crippen molar-refractivity contribution in [2.45, 2.75) is 70.7 Å². The molecule has 294 valence electrons. The van der Waals surface area contributed by atoms with Gasteiger partial charge in [-0.25, -0.2) is 22.7 Å². The highest BCUT2D eigenvalue weighted by atomic mass is 35.5. The lowest BCUT2D eigenvalue weighted by Gasteiger charge is -2.49. The molecule has 2 aliphatic rings. The summed E-state index contributed by atoms with van der Waals surface area (Å²) in [4.78, 5) is 33.1. The number of rotatable bonds is 15. The molecule has 2 aromatic rings. The topological polar surface area (TPSA) is 141 Å². The Balaban J connectivity index is 1.84. The molecule has 1 saturated heterocycles. The maximum absolute atomic E-state index is 16.9. The van der Waals surface area contributed by atoms with Gasteiger partial charge in [0.2, 0.25) is 15.9 Å². The van der Waals surface area contributed by atoms with Crippen LogP contribution in [0.5, 0.6) is 5.75 Å². The van der Waals surface area contributed by atoms with Gasteiger partial charge in [-0.3, -0.25) is 9.69 Å². The van der Waals surface area contributed by atoms with Gasteiger partial charge in [0.25, 0.3) is 0 Å². The monoisotopic (exact) mass is 780 g/mol. The maximum atomic E-state index is 16.9. The zero-order valence-corrected chi connectivity index (χ0v) is 33.0. The Bertz CT molecular complexity index is 1700. The zero-order valence-electron chi connectivity index (χ0n) is 31.4. The number of hydrogen-bond acceptors (Lipinski definition) is 10. The molecular weight excluding hydrogens is 727 g/mol. The molecule has 0 radical (unpaired) electrons. The molecule has 1 fully saturated rings. The summed E-state index contributed by atoms with van der Waals surface area (Å²) in [5, 5.41) is 5.92. The Morgan fingerprint density at radius 1 is 1.06 bits per heavy atom. The first-order chi connectivity index (χ1) is 25.2. The molecular formula is C38H54ClFN4O8S. The molecule has 0 aromatic heterocycles. The fourth-order valence-corrected chi connectivity index (χ4v) is 8.41. The van der Waals surface area contributed by atoms with Gasteiger partial charge in [-0.1, -0.05) is 30.7 Å². The second kappa shape index (κ2) is 19.4. The Morgan fingerprint density at radius 3 is 2.43 bits per heavy atom. The number of likely N-dealkylation sites (tertiary alicyclic amines) is 1. The molecule has 3 atom stereocenters. The van der Waals surface area contributed by atoms with E-state index in [1.165, 1.54) is 27.4 Å². The van der Waals surface area contributed by atoms with Crippen molar-refractivity contribution in [3.63, 3.8) is 0 Å². The minimum Gasteiger partial charge on any atom is -0.487 e. The Labute approximate surface area is 318 Å². The molecule has 53 heavy (non-hydrogen) atoms. The number of fused-ring (bicyclic) bond motifs is 2. The van der Waals surface area contributed by atoms with Crippen LogP contribution >= 0.6 is 11.6 Å². The van der Waals surface area contributed by atoms with E-state index in [-0.39, 0.29) is 45.1 Å². The largest absolute Gasteiger partial charge is 0.487 e. The van der Waals surface area contributed by atoms with Crippen LogP contribution in [0.25, 0.3) is 0 Å². The number of primary sulfonamides is 1. The average molecular weight is 781 g/mol. The van der Waals surface area contributed by atoms with Crippen LogP contribution in [0.15, 0.2) is 48.3 Å². The van der Waals surface area contributed by atoms with E-state index in [4.69, 9.17) is 35.7 Å². The van der Waals surface area contributed by atoms with Crippen molar-refractivity contribution in [2.24, 2.45) is 11.1 Å². The highest BCUT2D eigenvalue weighted by Crippen LogP contribution is 2.44. The van der Waals surface area contributed by atoms with Crippen LogP contribution in [0.1, 0.15) is 67.4 Å². The highest BCUT2D eigenvalue weighted by Gasteiger charge is 2.50. The molecule has 12 nitrogen and oxygen atoms in total. The predicted octanol–water partition coefficient (Wildman–Crippen LogP) is 5.32. The third kappa shape index (κ3) is 11.1. The van der Waals surface area contributed by atoms with Crippen molar-refractivity contribution in [2.75, 3.05) is 71.4 Å². The van der Waals surface area contributed by atoms with E-state index < -0.39 is 45.3 Å². The standard InChI is InChI=1S/C38H54ClFN4O8S/c1-27(26-53(41,47)48)10-14-32(40)35(36(45)42(19-21-49-3)20-22-50-4)44-18-8-16-38(44,2)43-17-7-6-9-28-23-31(39)13-11-30(28)25-52-34-15-12-29(24-33(34)43)37(46)51-5/h11-15,23-24,27,35H,6-10,16-22,25-26H2,1-5H3,(H2,41,47,48)/b32-14-/t27-,35?,38?/m0/s1. The van der Waals surface area contributed by atoms with Crippen LogP contribution in [0, 0.1) is 5.92 Å². The molecule has 0 aliphatic carbocycles. The third-order valence-corrected chi connectivity index (χ3v) is 11.3. The number of carbonyl (C=O) groups excluding carboxylic acids is 2. The van der Waals surface area contributed by atoms with Gasteiger partial charge in [0, 0.05) is 45.4 Å². The molecule has 0 spiro atoms. The van der Waals surface area contributed by atoms with Gasteiger partial charge < -0.3 is 28.7 Å². The number of carbonyl (C=O) groups is 2. The number of nitrogens with zero attached hydrogens (tertiary/aromatic N) is 3. The van der Waals surface area contributed by atoms with Crippen LogP contribution in [0.4, 0.5) is 10.1 Å². The fraction of sp³-hybridized carbons (Fsp3) is 0.579. The normalized spacial score (nSPS) is 19.7. The third-order valence-electron chi connectivity index (χ3n) is 10.0. The number of methoxy groups -OCH3 is 3. The van der Waals surface area contributed by atoms with Crippen molar-refractivity contribution in [1.82, 2.24) is 9.80 Å². The molecule has 0 bridgehead atoms. The highest BCUT2D eigenvalue weighted by molar-refractivity contribution is 7.89. The average Bonchev–Trinajstić information content (AvgIpc) is 3.48. The number of amides is 1. The summed E-state index contributed by atoms with van der Waals surface area (Å²) in [6, 6.07) is 9.56. The number of sulfonamides is 1. The van der Waals surface area contributed by atoms with Gasteiger partial charge in [0.15, 0.2) is 0 Å². The van der Waals surface area contributed by atoms with E-state index in [2.05, 4.69) is 4.90 Å². The summed E-state index contributed by atoms with van der Waals surface area (Å²) < 4.78 is 62.7. The molecule has 0 saturated carbocycles. The first-order valence-electron chi connectivity index (χ1n) is 18.0. The molecule has 2 aliphatic heterocycles. The van der Waals surface area contributed by atoms with E-state index in [0.717, 1.165) is 30.4 Å². The van der Waals surface area contributed by atoms with Gasteiger partial charge >= 0.3 is 5.97 Å². The number of nitrogens with two attached hydrogens (primary N) is 1. The van der Waals surface area contributed by atoms with Crippen LogP contribution in [-0.4, -0.2) is 108 Å². The summed E-state index contributed by atoms with van der Waals surface area (Å²) >= 11 is 6.38. The van der Waals surface area contributed by atoms with Crippen LogP contribution in [0.2, 0.25) is 5.02 Å². The second-order valence-corrected chi connectivity index (χ2v) is 16.1. The van der Waals surface area contributed by atoms with E-state index in [9.17, 15) is 18.0 Å². The molecule has 4 rings (SSSR count). The van der Waals surface area contributed by atoms with E-state index in [1.54, 1.807) is 30.0 Å². The number of aryl methyl sites for hydroxylation is 1. The first-order valence-corrected chi connectivity index (χ1v) is 20.1. The lowest BCUT2D eigenvalue weighted by Crippen LogP contribution is -2.63. The lowest BCUT2D eigenvalue weighted by molar-refractivity contribution is -0.139. The summed E-state index contributed by atoms with van der Waals surface area (Å²) in [7, 11) is 0.601. The van der Waals surface area contributed by atoms with Crippen molar-refractivity contribution >= 4 is 39.2 Å². The number of esters is 1. The Hall–Kier alpha value is -3.27.